The third-order valence-electron chi connectivity index (χ3n) is 4.53. The summed E-state index contributed by atoms with van der Waals surface area (Å²) in [5.74, 6) is 1.05. The Morgan fingerprint density at radius 3 is 2.72 bits per heavy atom. The van der Waals surface area contributed by atoms with E-state index >= 15 is 0 Å². The van der Waals surface area contributed by atoms with Gasteiger partial charge in [-0.2, -0.15) is 5.26 Å². The number of rotatable bonds is 2. The fourth-order valence-electron chi connectivity index (χ4n) is 3.25. The number of hydrogen-bond donors (Lipinski definition) is 0. The van der Waals surface area contributed by atoms with Crippen LogP contribution in [-0.2, 0) is 0 Å². The molecule has 1 aliphatic heterocycles. The van der Waals surface area contributed by atoms with E-state index in [0.29, 0.717) is 22.5 Å². The summed E-state index contributed by atoms with van der Waals surface area (Å²) in [6.07, 6.45) is 6.71. The fraction of sp³-hybridized carbons (Fsp3) is 0.278. The van der Waals surface area contributed by atoms with Gasteiger partial charge in [0.05, 0.1) is 5.02 Å². The summed E-state index contributed by atoms with van der Waals surface area (Å²) in [5.41, 5.74) is 2.16. The average molecular weight is 351 g/mol. The molecule has 0 aromatic carbocycles. The van der Waals surface area contributed by atoms with Gasteiger partial charge < -0.3 is 4.90 Å². The molecule has 6 nitrogen and oxygen atoms in total. The molecule has 0 atom stereocenters. The van der Waals surface area contributed by atoms with E-state index in [9.17, 15) is 5.26 Å². The Hall–Kier alpha value is -2.78. The minimum atomic E-state index is 0.375. The largest absolute Gasteiger partial charge is 0.354 e. The van der Waals surface area contributed by atoms with Gasteiger partial charge in [0.2, 0.25) is 0 Å². The molecule has 25 heavy (non-hydrogen) atoms. The molecular weight excluding hydrogens is 336 g/mol. The van der Waals surface area contributed by atoms with E-state index < -0.39 is 0 Å². The summed E-state index contributed by atoms with van der Waals surface area (Å²) in [6, 6.07) is 8.08. The van der Waals surface area contributed by atoms with Gasteiger partial charge in [0.15, 0.2) is 17.2 Å². The van der Waals surface area contributed by atoms with Crippen LogP contribution in [0.25, 0.3) is 11.0 Å². The third-order valence-corrected chi connectivity index (χ3v) is 4.73. The van der Waals surface area contributed by atoms with Crippen LogP contribution < -0.4 is 4.90 Å². The zero-order valence-electron chi connectivity index (χ0n) is 13.4. The Kier molecular flexibility index (Phi) is 4.16. The van der Waals surface area contributed by atoms with Crippen LogP contribution in [0.5, 0.6) is 0 Å². The molecule has 0 aliphatic carbocycles. The Morgan fingerprint density at radius 2 is 1.92 bits per heavy atom. The minimum absolute atomic E-state index is 0.375. The SMILES string of the molecule is N#Cc1nccnc1N1CCC(c2ccc3cc(Cl)cnc3n2)CC1. The van der Waals surface area contributed by atoms with Gasteiger partial charge in [-0.15, -0.1) is 0 Å². The molecule has 1 aliphatic rings. The molecule has 0 amide bonds. The highest BCUT2D eigenvalue weighted by molar-refractivity contribution is 6.31. The van der Waals surface area contributed by atoms with Crippen LogP contribution in [0, 0.1) is 11.3 Å². The zero-order chi connectivity index (χ0) is 17.2. The van der Waals surface area contributed by atoms with Crippen molar-refractivity contribution in [1.29, 1.82) is 5.26 Å². The van der Waals surface area contributed by atoms with Crippen molar-refractivity contribution in [2.75, 3.05) is 18.0 Å². The van der Waals surface area contributed by atoms with Gasteiger partial charge in [0.1, 0.15) is 6.07 Å². The lowest BCUT2D eigenvalue weighted by Crippen LogP contribution is -2.34. The molecule has 3 aromatic rings. The number of hydrogen-bond acceptors (Lipinski definition) is 6. The summed E-state index contributed by atoms with van der Waals surface area (Å²) < 4.78 is 0. The Morgan fingerprint density at radius 1 is 1.12 bits per heavy atom. The molecule has 3 aromatic heterocycles. The molecule has 124 valence electrons. The highest BCUT2D eigenvalue weighted by atomic mass is 35.5. The van der Waals surface area contributed by atoms with Gasteiger partial charge >= 0.3 is 0 Å². The molecule has 1 fully saturated rings. The first-order valence-electron chi connectivity index (χ1n) is 8.13. The lowest BCUT2D eigenvalue weighted by Gasteiger charge is -2.32. The van der Waals surface area contributed by atoms with Crippen molar-refractivity contribution in [2.24, 2.45) is 0 Å². The first-order valence-corrected chi connectivity index (χ1v) is 8.50. The van der Waals surface area contributed by atoms with Crippen molar-refractivity contribution in [3.63, 3.8) is 0 Å². The van der Waals surface area contributed by atoms with Gasteiger partial charge in [-0.1, -0.05) is 11.6 Å². The summed E-state index contributed by atoms with van der Waals surface area (Å²) in [4.78, 5) is 19.6. The van der Waals surface area contributed by atoms with Crippen molar-refractivity contribution in [1.82, 2.24) is 19.9 Å². The van der Waals surface area contributed by atoms with Crippen molar-refractivity contribution in [3.8, 4) is 6.07 Å². The van der Waals surface area contributed by atoms with Crippen LogP contribution in [0.15, 0.2) is 36.8 Å². The highest BCUT2D eigenvalue weighted by Gasteiger charge is 2.24. The van der Waals surface area contributed by atoms with E-state index in [0.717, 1.165) is 42.7 Å². The molecule has 7 heteroatoms. The number of fused-ring (bicyclic) bond motifs is 1. The summed E-state index contributed by atoms with van der Waals surface area (Å²) in [5, 5.41) is 10.8. The predicted molar refractivity (Wildman–Crippen MR) is 95.5 cm³/mol. The lowest BCUT2D eigenvalue weighted by molar-refractivity contribution is 0.494. The molecule has 0 N–H and O–H groups in total. The van der Waals surface area contributed by atoms with Crippen LogP contribution in [0.4, 0.5) is 5.82 Å². The van der Waals surface area contributed by atoms with Crippen LogP contribution in [0.3, 0.4) is 0 Å². The maximum Gasteiger partial charge on any atom is 0.183 e. The third kappa shape index (κ3) is 3.11. The lowest BCUT2D eigenvalue weighted by atomic mass is 9.93. The van der Waals surface area contributed by atoms with Gasteiger partial charge in [-0.05, 0) is 31.0 Å². The molecule has 0 unspecified atom stereocenters. The van der Waals surface area contributed by atoms with Crippen LogP contribution in [-0.4, -0.2) is 33.0 Å². The number of pyridine rings is 2. The van der Waals surface area contributed by atoms with Gasteiger partial charge in [0, 0.05) is 48.7 Å². The van der Waals surface area contributed by atoms with Crippen LogP contribution in [0.1, 0.15) is 30.1 Å². The van der Waals surface area contributed by atoms with Crippen molar-refractivity contribution in [2.45, 2.75) is 18.8 Å². The number of anilines is 1. The number of halogens is 1. The minimum Gasteiger partial charge on any atom is -0.354 e. The molecule has 4 rings (SSSR count). The summed E-state index contributed by atoms with van der Waals surface area (Å²) >= 11 is 5.98. The van der Waals surface area contributed by atoms with E-state index in [-0.39, 0.29) is 0 Å². The van der Waals surface area contributed by atoms with Crippen LogP contribution >= 0.6 is 11.6 Å². The van der Waals surface area contributed by atoms with Gasteiger partial charge in [-0.25, -0.2) is 19.9 Å². The van der Waals surface area contributed by atoms with E-state index in [4.69, 9.17) is 16.6 Å². The maximum absolute atomic E-state index is 9.19. The Labute approximate surface area is 150 Å². The van der Waals surface area contributed by atoms with E-state index in [1.165, 1.54) is 0 Å². The van der Waals surface area contributed by atoms with E-state index in [1.807, 2.05) is 12.1 Å². The monoisotopic (exact) mass is 350 g/mol. The maximum atomic E-state index is 9.19. The smallest absolute Gasteiger partial charge is 0.183 e. The Balaban J connectivity index is 1.52. The van der Waals surface area contributed by atoms with Gasteiger partial charge in [-0.3, -0.25) is 0 Å². The second kappa shape index (κ2) is 6.61. The quantitative estimate of drug-likeness (QED) is 0.705. The van der Waals surface area contributed by atoms with Crippen molar-refractivity contribution < 1.29 is 0 Å². The molecule has 0 bridgehead atoms. The second-order valence-corrected chi connectivity index (χ2v) is 6.47. The number of nitrogens with zero attached hydrogens (tertiary/aromatic N) is 6. The molecule has 0 radical (unpaired) electrons. The van der Waals surface area contributed by atoms with Crippen LogP contribution in [0.2, 0.25) is 5.02 Å². The normalized spacial score (nSPS) is 15.3. The van der Waals surface area contributed by atoms with Gasteiger partial charge in [0.25, 0.3) is 0 Å². The Bertz CT molecular complexity index is 959. The standard InChI is InChI=1S/C18H15ClN6/c19-14-9-13-1-2-15(24-17(13)23-11-14)12-3-7-25(8-4-12)18-16(10-20)21-5-6-22-18/h1-2,5-6,9,11-12H,3-4,7-8H2. The fourth-order valence-corrected chi connectivity index (χ4v) is 3.42. The first-order chi connectivity index (χ1) is 12.2. The molecular formula is C18H15ClN6. The molecule has 0 saturated carbocycles. The van der Waals surface area contributed by atoms with Crippen molar-refractivity contribution in [3.05, 3.63) is 53.2 Å². The molecule has 1 saturated heterocycles. The average Bonchev–Trinajstić information content (AvgIpc) is 2.67. The highest BCUT2D eigenvalue weighted by Crippen LogP contribution is 2.30. The topological polar surface area (TPSA) is 78.6 Å². The van der Waals surface area contributed by atoms with E-state index in [2.05, 4.69) is 32.0 Å². The molecule has 0 spiro atoms. The summed E-state index contributed by atoms with van der Waals surface area (Å²) in [6.45, 7) is 1.65. The summed E-state index contributed by atoms with van der Waals surface area (Å²) in [7, 11) is 0. The second-order valence-electron chi connectivity index (χ2n) is 6.04. The van der Waals surface area contributed by atoms with E-state index in [1.54, 1.807) is 18.6 Å². The number of piperidine rings is 1. The number of aromatic nitrogens is 4. The zero-order valence-corrected chi connectivity index (χ0v) is 14.2. The first kappa shape index (κ1) is 15.7. The number of nitriles is 1. The predicted octanol–water partition coefficient (Wildman–Crippen LogP) is 3.33. The van der Waals surface area contributed by atoms with Crippen molar-refractivity contribution >= 4 is 28.5 Å². The molecule has 4 heterocycles.